The average Bonchev–Trinajstić information content (AvgIpc) is 2.34. The highest BCUT2D eigenvalue weighted by Gasteiger charge is 2.29. The summed E-state index contributed by atoms with van der Waals surface area (Å²) >= 11 is 15.3. The minimum atomic E-state index is 0.0149. The molecular formula is C14H16BrCl2NO. The van der Waals surface area contributed by atoms with Crippen LogP contribution in [0.4, 0.5) is 0 Å². The number of benzene rings is 1. The second-order valence-electron chi connectivity index (χ2n) is 4.75. The van der Waals surface area contributed by atoms with Gasteiger partial charge in [-0.15, -0.1) is 11.6 Å². The fraction of sp³-hybridized carbons (Fsp3) is 0.500. The van der Waals surface area contributed by atoms with Crippen molar-refractivity contribution in [1.29, 1.82) is 0 Å². The van der Waals surface area contributed by atoms with Crippen LogP contribution in [0.5, 0.6) is 0 Å². The van der Waals surface area contributed by atoms with Gasteiger partial charge in [0.1, 0.15) is 0 Å². The first-order valence-corrected chi connectivity index (χ1v) is 8.16. The Hall–Kier alpha value is -0.250. The summed E-state index contributed by atoms with van der Waals surface area (Å²) in [6.45, 7) is 0.704. The van der Waals surface area contributed by atoms with Gasteiger partial charge in [-0.3, -0.25) is 4.79 Å². The highest BCUT2D eigenvalue weighted by Crippen LogP contribution is 2.29. The SMILES string of the molecule is O=C(c1cc(Br)ccc1Cl)N(CCCCl)C1CCC1. The zero-order chi connectivity index (χ0) is 13.8. The molecule has 1 fully saturated rings. The highest BCUT2D eigenvalue weighted by molar-refractivity contribution is 9.10. The van der Waals surface area contributed by atoms with E-state index < -0.39 is 0 Å². The number of nitrogens with zero attached hydrogens (tertiary/aromatic N) is 1. The van der Waals surface area contributed by atoms with E-state index in [1.165, 1.54) is 6.42 Å². The van der Waals surface area contributed by atoms with Crippen LogP contribution in [0.25, 0.3) is 0 Å². The number of alkyl halides is 1. The van der Waals surface area contributed by atoms with Gasteiger partial charge in [-0.05, 0) is 43.9 Å². The van der Waals surface area contributed by atoms with Crippen LogP contribution >= 0.6 is 39.1 Å². The molecule has 1 aromatic carbocycles. The number of halogens is 3. The van der Waals surface area contributed by atoms with Crippen LogP contribution < -0.4 is 0 Å². The van der Waals surface area contributed by atoms with E-state index in [4.69, 9.17) is 23.2 Å². The molecular weight excluding hydrogens is 349 g/mol. The van der Waals surface area contributed by atoms with E-state index in [0.717, 1.165) is 23.7 Å². The van der Waals surface area contributed by atoms with Gasteiger partial charge in [0.05, 0.1) is 10.6 Å². The molecule has 19 heavy (non-hydrogen) atoms. The van der Waals surface area contributed by atoms with Crippen LogP contribution in [0.1, 0.15) is 36.0 Å². The topological polar surface area (TPSA) is 20.3 Å². The van der Waals surface area contributed by atoms with Gasteiger partial charge < -0.3 is 4.90 Å². The zero-order valence-corrected chi connectivity index (χ0v) is 13.6. The quantitative estimate of drug-likeness (QED) is 0.692. The van der Waals surface area contributed by atoms with Crippen LogP contribution in [0.3, 0.4) is 0 Å². The molecule has 0 aromatic heterocycles. The Labute approximate surface area is 132 Å². The van der Waals surface area contributed by atoms with Crippen LogP contribution in [0, 0.1) is 0 Å². The Morgan fingerprint density at radius 3 is 2.74 bits per heavy atom. The van der Waals surface area contributed by atoms with Crippen molar-refractivity contribution in [2.75, 3.05) is 12.4 Å². The third kappa shape index (κ3) is 3.65. The highest BCUT2D eigenvalue weighted by atomic mass is 79.9. The largest absolute Gasteiger partial charge is 0.336 e. The van der Waals surface area contributed by atoms with E-state index in [1.54, 1.807) is 12.1 Å². The molecule has 1 aromatic rings. The summed E-state index contributed by atoms with van der Waals surface area (Å²) in [5, 5.41) is 0.503. The molecule has 2 nitrogen and oxygen atoms in total. The fourth-order valence-electron chi connectivity index (χ4n) is 2.19. The normalized spacial score (nSPS) is 15.1. The van der Waals surface area contributed by atoms with Gasteiger partial charge >= 0.3 is 0 Å². The van der Waals surface area contributed by atoms with Crippen molar-refractivity contribution in [1.82, 2.24) is 4.90 Å². The molecule has 104 valence electrons. The van der Waals surface area contributed by atoms with Gasteiger partial charge in [0.25, 0.3) is 5.91 Å². The summed E-state index contributed by atoms with van der Waals surface area (Å²) in [6.07, 6.45) is 4.18. The summed E-state index contributed by atoms with van der Waals surface area (Å²) in [5.74, 6) is 0.587. The summed E-state index contributed by atoms with van der Waals surface area (Å²) in [6, 6.07) is 5.73. The predicted molar refractivity (Wildman–Crippen MR) is 83.2 cm³/mol. The van der Waals surface area contributed by atoms with Gasteiger partial charge in [-0.25, -0.2) is 0 Å². The molecule has 1 saturated carbocycles. The summed E-state index contributed by atoms with van der Waals surface area (Å²) in [4.78, 5) is 14.6. The second-order valence-corrected chi connectivity index (χ2v) is 6.45. The van der Waals surface area contributed by atoms with Crippen LogP contribution in [0.2, 0.25) is 5.02 Å². The van der Waals surface area contributed by atoms with Crippen molar-refractivity contribution < 1.29 is 4.79 Å². The predicted octanol–water partition coefficient (Wildman–Crippen LogP) is 4.73. The second kappa shape index (κ2) is 6.96. The molecule has 0 unspecified atom stereocenters. The molecule has 0 radical (unpaired) electrons. The fourth-order valence-corrected chi connectivity index (χ4v) is 2.87. The molecule has 0 heterocycles. The molecule has 0 saturated heterocycles. The minimum absolute atomic E-state index is 0.0149. The lowest BCUT2D eigenvalue weighted by Crippen LogP contribution is -2.45. The van der Waals surface area contributed by atoms with Crippen molar-refractivity contribution in [3.8, 4) is 0 Å². The van der Waals surface area contributed by atoms with Crippen molar-refractivity contribution >= 4 is 45.0 Å². The van der Waals surface area contributed by atoms with Crippen molar-refractivity contribution in [3.05, 3.63) is 33.3 Å². The van der Waals surface area contributed by atoms with Gasteiger partial charge in [-0.1, -0.05) is 27.5 Å². The third-order valence-electron chi connectivity index (χ3n) is 3.47. The van der Waals surface area contributed by atoms with E-state index in [0.29, 0.717) is 29.1 Å². The summed E-state index contributed by atoms with van der Waals surface area (Å²) in [5.41, 5.74) is 0.567. The Kier molecular flexibility index (Phi) is 5.55. The monoisotopic (exact) mass is 363 g/mol. The Balaban J connectivity index is 2.19. The number of hydrogen-bond acceptors (Lipinski definition) is 1. The first-order valence-electron chi connectivity index (χ1n) is 6.45. The van der Waals surface area contributed by atoms with E-state index >= 15 is 0 Å². The van der Waals surface area contributed by atoms with Crippen molar-refractivity contribution in [3.63, 3.8) is 0 Å². The van der Waals surface area contributed by atoms with Crippen molar-refractivity contribution in [2.45, 2.75) is 31.7 Å². The summed E-state index contributed by atoms with van der Waals surface area (Å²) in [7, 11) is 0. The molecule has 0 N–H and O–H groups in total. The standard InChI is InChI=1S/C14H16BrCl2NO/c15-10-5-6-13(17)12(9-10)14(19)18(8-2-7-16)11-3-1-4-11/h5-6,9,11H,1-4,7-8H2. The molecule has 0 aliphatic heterocycles. The minimum Gasteiger partial charge on any atom is -0.336 e. The number of rotatable bonds is 5. The number of carbonyl (C=O) groups excluding carboxylic acids is 1. The smallest absolute Gasteiger partial charge is 0.255 e. The Morgan fingerprint density at radius 2 is 2.16 bits per heavy atom. The molecule has 0 bridgehead atoms. The molecule has 0 atom stereocenters. The molecule has 0 spiro atoms. The maximum atomic E-state index is 12.6. The van der Waals surface area contributed by atoms with Gasteiger partial charge in [0.2, 0.25) is 0 Å². The molecule has 1 aliphatic carbocycles. The lowest BCUT2D eigenvalue weighted by Gasteiger charge is -2.37. The van der Waals surface area contributed by atoms with E-state index in [1.807, 2.05) is 11.0 Å². The number of carbonyl (C=O) groups is 1. The first kappa shape index (κ1) is 15.1. The third-order valence-corrected chi connectivity index (χ3v) is 4.56. The van der Waals surface area contributed by atoms with E-state index in [2.05, 4.69) is 15.9 Å². The van der Waals surface area contributed by atoms with Crippen LogP contribution in [-0.2, 0) is 0 Å². The van der Waals surface area contributed by atoms with Crippen LogP contribution in [-0.4, -0.2) is 29.3 Å². The van der Waals surface area contributed by atoms with Crippen molar-refractivity contribution in [2.24, 2.45) is 0 Å². The van der Waals surface area contributed by atoms with E-state index in [9.17, 15) is 4.79 Å². The van der Waals surface area contributed by atoms with Crippen LogP contribution in [0.15, 0.2) is 22.7 Å². The van der Waals surface area contributed by atoms with Gasteiger partial charge in [-0.2, -0.15) is 0 Å². The lowest BCUT2D eigenvalue weighted by molar-refractivity contribution is 0.0581. The molecule has 1 aliphatic rings. The molecule has 1 amide bonds. The maximum absolute atomic E-state index is 12.6. The molecule has 5 heteroatoms. The Bertz CT molecular complexity index is 463. The van der Waals surface area contributed by atoms with Gasteiger partial charge in [0, 0.05) is 22.9 Å². The summed E-state index contributed by atoms with van der Waals surface area (Å²) < 4.78 is 0.867. The average molecular weight is 365 g/mol. The van der Waals surface area contributed by atoms with E-state index in [-0.39, 0.29) is 5.91 Å². The zero-order valence-electron chi connectivity index (χ0n) is 10.5. The maximum Gasteiger partial charge on any atom is 0.255 e. The number of amides is 1. The first-order chi connectivity index (χ1) is 9.13. The molecule has 2 rings (SSSR count). The number of hydrogen-bond donors (Lipinski definition) is 0. The Morgan fingerprint density at radius 1 is 1.42 bits per heavy atom. The van der Waals surface area contributed by atoms with Gasteiger partial charge in [0.15, 0.2) is 0 Å². The lowest BCUT2D eigenvalue weighted by atomic mass is 9.91.